The number of aromatic amines is 1. The summed E-state index contributed by atoms with van der Waals surface area (Å²) in [6.07, 6.45) is 0.900. The number of rotatable bonds is 2. The van der Waals surface area contributed by atoms with E-state index in [1.165, 1.54) is 0 Å². The van der Waals surface area contributed by atoms with E-state index in [-0.39, 0.29) is 5.95 Å². The summed E-state index contributed by atoms with van der Waals surface area (Å²) in [7, 11) is 1.87. The van der Waals surface area contributed by atoms with E-state index in [2.05, 4.69) is 27.2 Å². The second-order valence-electron chi connectivity index (χ2n) is 3.04. The summed E-state index contributed by atoms with van der Waals surface area (Å²) < 4.78 is 1.76. The van der Waals surface area contributed by atoms with Gasteiger partial charge in [0.05, 0.1) is 5.69 Å². The fraction of sp³-hybridized carbons (Fsp3) is 0.375. The van der Waals surface area contributed by atoms with Gasteiger partial charge in [-0.25, -0.2) is 0 Å². The van der Waals surface area contributed by atoms with E-state index in [1.807, 2.05) is 13.1 Å². The van der Waals surface area contributed by atoms with Gasteiger partial charge in [0.25, 0.3) is 0 Å². The molecule has 2 heterocycles. The SMILES string of the molecule is CCc1cc(-c2nc(N)n[nH]2)n(C)n1. The first-order valence-electron chi connectivity index (χ1n) is 4.42. The highest BCUT2D eigenvalue weighted by molar-refractivity contribution is 5.51. The lowest BCUT2D eigenvalue weighted by atomic mass is 10.3. The molecular weight excluding hydrogens is 180 g/mol. The first kappa shape index (κ1) is 8.74. The maximum atomic E-state index is 5.42. The van der Waals surface area contributed by atoms with E-state index in [9.17, 15) is 0 Å². The third-order valence-electron chi connectivity index (χ3n) is 2.04. The van der Waals surface area contributed by atoms with Gasteiger partial charge in [-0.3, -0.25) is 9.78 Å². The molecule has 74 valence electrons. The summed E-state index contributed by atoms with van der Waals surface area (Å²) in [5.74, 6) is 0.899. The Morgan fingerprint density at radius 2 is 2.36 bits per heavy atom. The predicted molar refractivity (Wildman–Crippen MR) is 52.4 cm³/mol. The Bertz CT molecular complexity index is 440. The molecule has 0 bridgehead atoms. The summed E-state index contributed by atoms with van der Waals surface area (Å²) in [5.41, 5.74) is 7.34. The quantitative estimate of drug-likeness (QED) is 0.718. The van der Waals surface area contributed by atoms with Crippen molar-refractivity contribution in [1.82, 2.24) is 25.0 Å². The van der Waals surface area contributed by atoms with Crippen molar-refractivity contribution in [1.29, 1.82) is 0 Å². The number of hydrogen-bond donors (Lipinski definition) is 2. The molecule has 2 aromatic rings. The van der Waals surface area contributed by atoms with Crippen LogP contribution in [-0.4, -0.2) is 25.0 Å². The highest BCUT2D eigenvalue weighted by Crippen LogP contribution is 2.15. The van der Waals surface area contributed by atoms with Gasteiger partial charge in [0, 0.05) is 7.05 Å². The lowest BCUT2D eigenvalue weighted by Gasteiger charge is -1.94. The van der Waals surface area contributed by atoms with E-state index >= 15 is 0 Å². The number of anilines is 1. The molecule has 6 heteroatoms. The van der Waals surface area contributed by atoms with Crippen LogP contribution >= 0.6 is 0 Å². The predicted octanol–water partition coefficient (Wildman–Crippen LogP) is 0.350. The number of aryl methyl sites for hydroxylation is 2. The molecule has 0 aromatic carbocycles. The molecule has 3 N–H and O–H groups in total. The lowest BCUT2D eigenvalue weighted by molar-refractivity contribution is 0.748. The van der Waals surface area contributed by atoms with Crippen LogP contribution in [0.2, 0.25) is 0 Å². The van der Waals surface area contributed by atoms with Crippen molar-refractivity contribution in [3.05, 3.63) is 11.8 Å². The monoisotopic (exact) mass is 192 g/mol. The van der Waals surface area contributed by atoms with Crippen molar-refractivity contribution in [2.24, 2.45) is 7.05 Å². The van der Waals surface area contributed by atoms with Gasteiger partial charge in [-0.15, -0.1) is 5.10 Å². The third kappa shape index (κ3) is 1.34. The van der Waals surface area contributed by atoms with E-state index in [4.69, 9.17) is 5.73 Å². The van der Waals surface area contributed by atoms with E-state index in [1.54, 1.807) is 4.68 Å². The third-order valence-corrected chi connectivity index (χ3v) is 2.04. The van der Waals surface area contributed by atoms with Crippen LogP contribution in [0.15, 0.2) is 6.07 Å². The molecule has 0 radical (unpaired) electrons. The zero-order valence-electron chi connectivity index (χ0n) is 8.15. The lowest BCUT2D eigenvalue weighted by Crippen LogP contribution is -1.95. The molecule has 6 nitrogen and oxygen atoms in total. The van der Waals surface area contributed by atoms with Crippen molar-refractivity contribution in [3.63, 3.8) is 0 Å². The molecular formula is C8H12N6. The fourth-order valence-electron chi connectivity index (χ4n) is 1.31. The van der Waals surface area contributed by atoms with Gasteiger partial charge in [-0.2, -0.15) is 10.1 Å². The van der Waals surface area contributed by atoms with Gasteiger partial charge >= 0.3 is 0 Å². The normalized spacial score (nSPS) is 10.7. The maximum Gasteiger partial charge on any atom is 0.239 e. The molecule has 0 aliphatic heterocycles. The van der Waals surface area contributed by atoms with Gasteiger partial charge in [0.15, 0.2) is 5.82 Å². The van der Waals surface area contributed by atoms with Gasteiger partial charge < -0.3 is 5.73 Å². The summed E-state index contributed by atoms with van der Waals surface area (Å²) in [4.78, 5) is 4.04. The molecule has 0 amide bonds. The van der Waals surface area contributed by atoms with Crippen molar-refractivity contribution in [2.45, 2.75) is 13.3 Å². The second kappa shape index (κ2) is 3.13. The van der Waals surface area contributed by atoms with Crippen LogP contribution in [0.3, 0.4) is 0 Å². The Hall–Kier alpha value is -1.85. The number of H-pyrrole nitrogens is 1. The molecule has 0 atom stereocenters. The van der Waals surface area contributed by atoms with E-state index in [0.717, 1.165) is 17.8 Å². The standard InChI is InChI=1S/C8H12N6/c1-3-5-4-6(14(2)13-5)7-10-8(9)12-11-7/h4H,3H2,1-2H3,(H3,9,10,11,12). The highest BCUT2D eigenvalue weighted by Gasteiger charge is 2.09. The first-order chi connectivity index (χ1) is 6.70. The Balaban J connectivity index is 2.45. The largest absolute Gasteiger partial charge is 0.366 e. The van der Waals surface area contributed by atoms with Crippen molar-refractivity contribution < 1.29 is 0 Å². The summed E-state index contributed by atoms with van der Waals surface area (Å²) in [6, 6.07) is 1.97. The van der Waals surface area contributed by atoms with Crippen molar-refractivity contribution >= 4 is 5.95 Å². The topological polar surface area (TPSA) is 85.4 Å². The molecule has 0 spiro atoms. The molecule has 14 heavy (non-hydrogen) atoms. The van der Waals surface area contributed by atoms with Gasteiger partial charge in [0.1, 0.15) is 5.69 Å². The summed E-state index contributed by atoms with van der Waals surface area (Å²) in [5, 5.41) is 10.8. The van der Waals surface area contributed by atoms with Crippen LogP contribution in [0.5, 0.6) is 0 Å². The number of hydrogen-bond acceptors (Lipinski definition) is 4. The Morgan fingerprint density at radius 1 is 1.57 bits per heavy atom. The Labute approximate surface area is 81.1 Å². The van der Waals surface area contributed by atoms with Crippen LogP contribution < -0.4 is 5.73 Å². The zero-order valence-corrected chi connectivity index (χ0v) is 8.15. The Kier molecular flexibility index (Phi) is 1.95. The zero-order chi connectivity index (χ0) is 10.1. The summed E-state index contributed by atoms with van der Waals surface area (Å²) >= 11 is 0. The van der Waals surface area contributed by atoms with Crippen LogP contribution in [0.4, 0.5) is 5.95 Å². The number of nitrogens with zero attached hydrogens (tertiary/aromatic N) is 4. The van der Waals surface area contributed by atoms with Gasteiger partial charge in [-0.05, 0) is 12.5 Å². The average Bonchev–Trinajstić information content (AvgIpc) is 2.71. The summed E-state index contributed by atoms with van der Waals surface area (Å²) in [6.45, 7) is 2.06. The highest BCUT2D eigenvalue weighted by atomic mass is 15.3. The van der Waals surface area contributed by atoms with Crippen LogP contribution in [0, 0.1) is 0 Å². The number of nitrogens with two attached hydrogens (primary N) is 1. The van der Waals surface area contributed by atoms with Gasteiger partial charge in [-0.1, -0.05) is 6.92 Å². The molecule has 0 saturated carbocycles. The smallest absolute Gasteiger partial charge is 0.239 e. The van der Waals surface area contributed by atoms with E-state index < -0.39 is 0 Å². The second-order valence-corrected chi connectivity index (χ2v) is 3.04. The molecule has 2 aromatic heterocycles. The van der Waals surface area contributed by atoms with Crippen LogP contribution in [-0.2, 0) is 13.5 Å². The van der Waals surface area contributed by atoms with Crippen molar-refractivity contribution in [2.75, 3.05) is 5.73 Å². The molecule has 0 fully saturated rings. The Morgan fingerprint density at radius 3 is 2.86 bits per heavy atom. The van der Waals surface area contributed by atoms with Gasteiger partial charge in [0.2, 0.25) is 5.95 Å². The molecule has 0 unspecified atom stereocenters. The molecule has 0 aliphatic rings. The van der Waals surface area contributed by atoms with Crippen LogP contribution in [0.25, 0.3) is 11.5 Å². The minimum absolute atomic E-state index is 0.249. The average molecular weight is 192 g/mol. The number of aromatic nitrogens is 5. The first-order valence-corrected chi connectivity index (χ1v) is 4.42. The molecule has 0 saturated heterocycles. The number of nitrogen functional groups attached to an aromatic ring is 1. The number of nitrogens with one attached hydrogen (secondary N) is 1. The van der Waals surface area contributed by atoms with E-state index in [0.29, 0.717) is 5.82 Å². The van der Waals surface area contributed by atoms with Crippen molar-refractivity contribution in [3.8, 4) is 11.5 Å². The minimum atomic E-state index is 0.249. The minimum Gasteiger partial charge on any atom is -0.366 e. The maximum absolute atomic E-state index is 5.42. The molecule has 2 rings (SSSR count). The van der Waals surface area contributed by atoms with Crippen LogP contribution in [0.1, 0.15) is 12.6 Å². The molecule has 0 aliphatic carbocycles. The fourth-order valence-corrected chi connectivity index (χ4v) is 1.31.